The second-order valence-electron chi connectivity index (χ2n) is 8.44. The lowest BCUT2D eigenvalue weighted by Gasteiger charge is -2.26. The molecule has 9 heteroatoms. The van der Waals surface area contributed by atoms with Gasteiger partial charge in [0, 0.05) is 25.7 Å². The predicted octanol–water partition coefficient (Wildman–Crippen LogP) is 4.73. The number of methoxy groups -OCH3 is 1. The molecule has 4 aromatic rings. The van der Waals surface area contributed by atoms with Gasteiger partial charge in [-0.1, -0.05) is 23.7 Å². The van der Waals surface area contributed by atoms with Crippen molar-refractivity contribution in [2.75, 3.05) is 57.1 Å². The highest BCUT2D eigenvalue weighted by Gasteiger charge is 2.15. The number of imidazole rings is 1. The van der Waals surface area contributed by atoms with Crippen LogP contribution in [0.4, 0.5) is 17.2 Å². The van der Waals surface area contributed by atoms with Crippen LogP contribution < -0.4 is 15.4 Å². The Kier molecular flexibility index (Phi) is 6.71. The molecule has 0 radical (unpaired) electrons. The highest BCUT2D eigenvalue weighted by atomic mass is 35.5. The van der Waals surface area contributed by atoms with E-state index in [1.54, 1.807) is 19.6 Å². The number of morpholine rings is 1. The zero-order chi connectivity index (χ0) is 23.5. The van der Waals surface area contributed by atoms with Gasteiger partial charge in [-0.25, -0.2) is 9.97 Å². The van der Waals surface area contributed by atoms with Gasteiger partial charge < -0.3 is 20.1 Å². The quantitative estimate of drug-likeness (QED) is 0.353. The molecule has 8 nitrogen and oxygen atoms in total. The fraction of sp³-hybridized carbons (Fsp3) is 0.360. The average Bonchev–Trinajstić information content (AvgIpc) is 3.35. The summed E-state index contributed by atoms with van der Waals surface area (Å²) in [6.07, 6.45) is 4.65. The molecular formula is C25H29ClN6O2. The minimum absolute atomic E-state index is 0.647. The van der Waals surface area contributed by atoms with Crippen LogP contribution in [-0.4, -0.2) is 65.8 Å². The summed E-state index contributed by atoms with van der Waals surface area (Å²) in [5, 5.41) is 7.60. The van der Waals surface area contributed by atoms with Crippen molar-refractivity contribution in [2.45, 2.75) is 13.3 Å². The number of para-hydroxylation sites is 1. The van der Waals surface area contributed by atoms with Gasteiger partial charge in [-0.2, -0.15) is 0 Å². The monoisotopic (exact) mass is 480 g/mol. The van der Waals surface area contributed by atoms with E-state index in [9.17, 15) is 0 Å². The Bertz CT molecular complexity index is 1280. The van der Waals surface area contributed by atoms with Crippen molar-refractivity contribution in [2.24, 2.45) is 0 Å². The number of hydrogen-bond donors (Lipinski definition) is 2. The summed E-state index contributed by atoms with van der Waals surface area (Å²) in [7, 11) is 1.68. The average molecular weight is 481 g/mol. The van der Waals surface area contributed by atoms with E-state index in [-0.39, 0.29) is 0 Å². The molecule has 1 saturated heterocycles. The van der Waals surface area contributed by atoms with Crippen LogP contribution in [-0.2, 0) is 4.74 Å². The number of rotatable bonds is 8. The second kappa shape index (κ2) is 10.0. The molecule has 2 aromatic heterocycles. The summed E-state index contributed by atoms with van der Waals surface area (Å²) in [4.78, 5) is 11.7. The third-order valence-corrected chi connectivity index (χ3v) is 6.52. The standard InChI is InChI=1S/C25H29ClN6O2/c1-17-5-3-6-18(26)24(17)30-25-22-15-27-16-32(22)21-13-20(23(33-2)14-19(21)29-25)28-7-4-8-31-9-11-34-12-10-31/h3,5-6,13-16,28H,4,7-12H2,1-2H3,(H,29,30). The van der Waals surface area contributed by atoms with Crippen molar-refractivity contribution in [1.82, 2.24) is 19.3 Å². The Morgan fingerprint density at radius 2 is 2.03 bits per heavy atom. The van der Waals surface area contributed by atoms with Crippen LogP contribution in [0.5, 0.6) is 5.75 Å². The number of fused-ring (bicyclic) bond motifs is 3. The van der Waals surface area contributed by atoms with Gasteiger partial charge >= 0.3 is 0 Å². The molecule has 5 rings (SSSR count). The van der Waals surface area contributed by atoms with Gasteiger partial charge in [0.1, 0.15) is 11.3 Å². The SMILES string of the molecule is COc1cc2nc(Nc3c(C)cccc3Cl)c3cncn3c2cc1NCCCN1CCOCC1. The molecule has 0 aliphatic carbocycles. The van der Waals surface area contributed by atoms with E-state index >= 15 is 0 Å². The molecule has 0 spiro atoms. The number of hydrogen-bond acceptors (Lipinski definition) is 7. The van der Waals surface area contributed by atoms with E-state index in [0.717, 1.165) is 85.1 Å². The molecule has 2 aromatic carbocycles. The number of nitrogens with one attached hydrogen (secondary N) is 2. The Labute approximate surface area is 203 Å². The molecule has 0 saturated carbocycles. The minimum Gasteiger partial charge on any atom is -0.495 e. The van der Waals surface area contributed by atoms with Crippen LogP contribution in [0.25, 0.3) is 16.6 Å². The van der Waals surface area contributed by atoms with E-state index < -0.39 is 0 Å². The molecule has 1 aliphatic rings. The molecule has 34 heavy (non-hydrogen) atoms. The second-order valence-corrected chi connectivity index (χ2v) is 8.85. The third kappa shape index (κ3) is 4.61. The van der Waals surface area contributed by atoms with Gasteiger partial charge in [0.05, 0.1) is 60.3 Å². The summed E-state index contributed by atoms with van der Waals surface area (Å²) >= 11 is 6.45. The lowest BCUT2D eigenvalue weighted by molar-refractivity contribution is 0.0378. The van der Waals surface area contributed by atoms with Crippen LogP contribution >= 0.6 is 11.6 Å². The molecule has 2 N–H and O–H groups in total. The van der Waals surface area contributed by atoms with Gasteiger partial charge in [-0.05, 0) is 37.6 Å². The summed E-state index contributed by atoms with van der Waals surface area (Å²) in [6, 6.07) is 9.86. The zero-order valence-electron chi connectivity index (χ0n) is 19.5. The largest absolute Gasteiger partial charge is 0.495 e. The molecule has 0 bridgehead atoms. The lowest BCUT2D eigenvalue weighted by Crippen LogP contribution is -2.37. The van der Waals surface area contributed by atoms with Gasteiger partial charge in [0.25, 0.3) is 0 Å². The number of ether oxygens (including phenoxy) is 2. The number of halogens is 1. The van der Waals surface area contributed by atoms with E-state index in [2.05, 4.69) is 26.6 Å². The van der Waals surface area contributed by atoms with Crippen LogP contribution in [0.15, 0.2) is 42.9 Å². The highest BCUT2D eigenvalue weighted by molar-refractivity contribution is 6.33. The highest BCUT2D eigenvalue weighted by Crippen LogP contribution is 2.34. The molecule has 0 amide bonds. The van der Waals surface area contributed by atoms with E-state index in [1.807, 2.05) is 35.6 Å². The molecule has 0 atom stereocenters. The van der Waals surface area contributed by atoms with E-state index in [1.165, 1.54) is 0 Å². The number of aryl methyl sites for hydroxylation is 1. The molecule has 1 fully saturated rings. The van der Waals surface area contributed by atoms with Gasteiger partial charge in [0.2, 0.25) is 0 Å². The van der Waals surface area contributed by atoms with Crippen molar-refractivity contribution < 1.29 is 9.47 Å². The first kappa shape index (κ1) is 22.7. The Hall–Kier alpha value is -3.07. The number of benzene rings is 2. The maximum Gasteiger partial charge on any atom is 0.157 e. The number of anilines is 3. The zero-order valence-corrected chi connectivity index (χ0v) is 20.2. The smallest absolute Gasteiger partial charge is 0.157 e. The van der Waals surface area contributed by atoms with E-state index in [0.29, 0.717) is 10.8 Å². The fourth-order valence-electron chi connectivity index (χ4n) is 4.34. The maximum atomic E-state index is 6.45. The number of aromatic nitrogens is 3. The predicted molar refractivity (Wildman–Crippen MR) is 137 cm³/mol. The van der Waals surface area contributed by atoms with Crippen molar-refractivity contribution in [1.29, 1.82) is 0 Å². The molecule has 1 aliphatic heterocycles. The molecule has 178 valence electrons. The first-order chi connectivity index (χ1) is 16.6. The Balaban J connectivity index is 1.42. The van der Waals surface area contributed by atoms with Crippen molar-refractivity contribution >= 4 is 45.3 Å². The van der Waals surface area contributed by atoms with Gasteiger partial charge in [0.15, 0.2) is 5.82 Å². The van der Waals surface area contributed by atoms with Crippen molar-refractivity contribution in [3.05, 3.63) is 53.4 Å². The first-order valence-corrected chi connectivity index (χ1v) is 11.9. The van der Waals surface area contributed by atoms with Gasteiger partial charge in [-0.15, -0.1) is 0 Å². The normalized spacial score (nSPS) is 14.6. The fourth-order valence-corrected chi connectivity index (χ4v) is 4.61. The maximum absolute atomic E-state index is 6.45. The Morgan fingerprint density at radius 1 is 1.18 bits per heavy atom. The van der Waals surface area contributed by atoms with Crippen molar-refractivity contribution in [3.63, 3.8) is 0 Å². The lowest BCUT2D eigenvalue weighted by atomic mass is 10.2. The van der Waals surface area contributed by atoms with Crippen LogP contribution in [0, 0.1) is 6.92 Å². The molecule has 3 heterocycles. The summed E-state index contributed by atoms with van der Waals surface area (Å²) < 4.78 is 13.2. The topological polar surface area (TPSA) is 76.0 Å². The molecule has 0 unspecified atom stereocenters. The summed E-state index contributed by atoms with van der Waals surface area (Å²) in [5.74, 6) is 1.44. The van der Waals surface area contributed by atoms with Crippen LogP contribution in [0.3, 0.4) is 0 Å². The van der Waals surface area contributed by atoms with Crippen molar-refractivity contribution in [3.8, 4) is 5.75 Å². The summed E-state index contributed by atoms with van der Waals surface area (Å²) in [6.45, 7) is 7.59. The first-order valence-electron chi connectivity index (χ1n) is 11.5. The third-order valence-electron chi connectivity index (χ3n) is 6.21. The Morgan fingerprint density at radius 3 is 2.82 bits per heavy atom. The van der Waals surface area contributed by atoms with Crippen LogP contribution in [0.2, 0.25) is 5.02 Å². The minimum atomic E-state index is 0.647. The van der Waals surface area contributed by atoms with E-state index in [4.69, 9.17) is 26.1 Å². The summed E-state index contributed by atoms with van der Waals surface area (Å²) in [5.41, 5.74) is 5.44. The number of nitrogens with zero attached hydrogens (tertiary/aromatic N) is 4. The molecular weight excluding hydrogens is 452 g/mol. The van der Waals surface area contributed by atoms with Crippen LogP contribution in [0.1, 0.15) is 12.0 Å². The van der Waals surface area contributed by atoms with Gasteiger partial charge in [-0.3, -0.25) is 9.30 Å².